The van der Waals surface area contributed by atoms with Gasteiger partial charge in [-0.3, -0.25) is 4.90 Å². The van der Waals surface area contributed by atoms with E-state index in [9.17, 15) is 8.78 Å². The molecule has 1 fully saturated rings. The van der Waals surface area contributed by atoms with E-state index in [1.165, 1.54) is 24.3 Å². The molecule has 0 aliphatic carbocycles. The van der Waals surface area contributed by atoms with Crippen LogP contribution in [-0.4, -0.2) is 36.9 Å². The van der Waals surface area contributed by atoms with Gasteiger partial charge in [-0.2, -0.15) is 0 Å². The first kappa shape index (κ1) is 16.4. The summed E-state index contributed by atoms with van der Waals surface area (Å²) in [5.41, 5.74) is 1.02. The molecule has 0 bridgehead atoms. The molecule has 23 heavy (non-hydrogen) atoms. The van der Waals surface area contributed by atoms with Gasteiger partial charge in [0.2, 0.25) is 0 Å². The van der Waals surface area contributed by atoms with Gasteiger partial charge in [0.05, 0.1) is 12.7 Å². The van der Waals surface area contributed by atoms with Crippen molar-refractivity contribution in [2.24, 2.45) is 0 Å². The summed E-state index contributed by atoms with van der Waals surface area (Å²) >= 11 is 1.72. The number of hydrogen-bond donors (Lipinski definition) is 0. The summed E-state index contributed by atoms with van der Waals surface area (Å²) in [5.74, 6) is 0.517. The molecule has 0 amide bonds. The van der Waals surface area contributed by atoms with E-state index in [-0.39, 0.29) is 17.7 Å². The lowest BCUT2D eigenvalue weighted by molar-refractivity contribution is -0.0278. The second-order valence-corrected chi connectivity index (χ2v) is 6.68. The van der Waals surface area contributed by atoms with Gasteiger partial charge in [-0.05, 0) is 42.0 Å². The normalized spacial score (nSPS) is 19.0. The molecule has 0 N–H and O–H groups in total. The van der Waals surface area contributed by atoms with E-state index in [1.54, 1.807) is 36.0 Å². The van der Waals surface area contributed by atoms with Gasteiger partial charge in [0, 0.05) is 30.3 Å². The predicted octanol–water partition coefficient (Wildman–Crippen LogP) is 4.13. The highest BCUT2D eigenvalue weighted by molar-refractivity contribution is 7.99. The molecule has 0 radical (unpaired) electrons. The summed E-state index contributed by atoms with van der Waals surface area (Å²) in [5, 5.41) is 0. The molecule has 3 rings (SSSR count). The van der Waals surface area contributed by atoms with Crippen LogP contribution in [-0.2, 0) is 4.74 Å². The lowest BCUT2D eigenvalue weighted by Crippen LogP contribution is -2.39. The Balaban J connectivity index is 1.48. The molecule has 1 aliphatic heterocycles. The fourth-order valence-electron chi connectivity index (χ4n) is 2.61. The van der Waals surface area contributed by atoms with E-state index in [0.717, 1.165) is 35.8 Å². The zero-order valence-corrected chi connectivity index (χ0v) is 13.6. The minimum atomic E-state index is -0.225. The first-order valence-electron chi connectivity index (χ1n) is 7.68. The summed E-state index contributed by atoms with van der Waals surface area (Å²) in [6, 6.07) is 13.1. The van der Waals surface area contributed by atoms with Crippen LogP contribution in [0, 0.1) is 11.6 Å². The van der Waals surface area contributed by atoms with Gasteiger partial charge < -0.3 is 4.74 Å². The fraction of sp³-hybridized carbons (Fsp3) is 0.333. The summed E-state index contributed by atoms with van der Waals surface area (Å²) in [4.78, 5) is 3.43. The first-order valence-corrected chi connectivity index (χ1v) is 8.67. The lowest BCUT2D eigenvalue weighted by atomic mass is 10.1. The molecule has 1 heterocycles. The monoisotopic (exact) mass is 335 g/mol. The number of nitrogens with zero attached hydrogens (tertiary/aromatic N) is 1. The van der Waals surface area contributed by atoms with Crippen LogP contribution in [0.4, 0.5) is 8.78 Å². The Morgan fingerprint density at radius 3 is 2.35 bits per heavy atom. The van der Waals surface area contributed by atoms with Crippen LogP contribution in [0.5, 0.6) is 0 Å². The molecular weight excluding hydrogens is 316 g/mol. The van der Waals surface area contributed by atoms with Gasteiger partial charge in [-0.25, -0.2) is 8.78 Å². The number of morpholine rings is 1. The van der Waals surface area contributed by atoms with Gasteiger partial charge in [-0.1, -0.05) is 12.1 Å². The zero-order chi connectivity index (χ0) is 16.1. The van der Waals surface area contributed by atoms with E-state index in [0.29, 0.717) is 6.61 Å². The van der Waals surface area contributed by atoms with Crippen LogP contribution in [0.3, 0.4) is 0 Å². The molecule has 0 spiro atoms. The van der Waals surface area contributed by atoms with Crippen LogP contribution in [0.25, 0.3) is 0 Å². The van der Waals surface area contributed by atoms with Gasteiger partial charge >= 0.3 is 0 Å². The summed E-state index contributed by atoms with van der Waals surface area (Å²) in [7, 11) is 0. The van der Waals surface area contributed by atoms with E-state index in [1.807, 2.05) is 0 Å². The summed E-state index contributed by atoms with van der Waals surface area (Å²) < 4.78 is 31.7. The van der Waals surface area contributed by atoms with Crippen molar-refractivity contribution in [3.63, 3.8) is 0 Å². The molecule has 1 aliphatic rings. The maximum Gasteiger partial charge on any atom is 0.123 e. The second kappa shape index (κ2) is 7.90. The standard InChI is InChI=1S/C18H19F2NOS/c19-15-3-1-14(2-4-15)18-13-21(9-11-22-18)10-12-23-17-7-5-16(20)6-8-17/h1-8,18H,9-13H2. The molecule has 2 aromatic rings. The van der Waals surface area contributed by atoms with Crippen molar-refractivity contribution >= 4 is 11.8 Å². The minimum absolute atomic E-state index is 0.000158. The average Bonchev–Trinajstić information content (AvgIpc) is 2.58. The molecule has 1 unspecified atom stereocenters. The molecule has 1 atom stereocenters. The first-order chi connectivity index (χ1) is 11.2. The highest BCUT2D eigenvalue weighted by atomic mass is 32.2. The van der Waals surface area contributed by atoms with Crippen molar-refractivity contribution in [1.82, 2.24) is 4.90 Å². The Morgan fingerprint density at radius 2 is 1.65 bits per heavy atom. The van der Waals surface area contributed by atoms with Crippen molar-refractivity contribution in [2.45, 2.75) is 11.0 Å². The number of halogens is 2. The molecule has 0 aromatic heterocycles. The molecule has 2 aromatic carbocycles. The molecule has 1 saturated heterocycles. The SMILES string of the molecule is Fc1ccc(SCCN2CCOC(c3ccc(F)cc3)C2)cc1. The molecule has 122 valence electrons. The third-order valence-corrected chi connectivity index (χ3v) is 4.87. The van der Waals surface area contributed by atoms with Gasteiger partial charge in [0.1, 0.15) is 11.6 Å². The third-order valence-electron chi connectivity index (χ3n) is 3.88. The number of rotatable bonds is 5. The highest BCUT2D eigenvalue weighted by Gasteiger charge is 2.21. The molecule has 5 heteroatoms. The van der Waals surface area contributed by atoms with Crippen LogP contribution < -0.4 is 0 Å². The van der Waals surface area contributed by atoms with Crippen LogP contribution >= 0.6 is 11.8 Å². The Bertz CT molecular complexity index is 618. The molecule has 2 nitrogen and oxygen atoms in total. The van der Waals surface area contributed by atoms with E-state index >= 15 is 0 Å². The Hall–Kier alpha value is -1.43. The van der Waals surface area contributed by atoms with Gasteiger partial charge in [-0.15, -0.1) is 11.8 Å². The topological polar surface area (TPSA) is 12.5 Å². The number of benzene rings is 2. The van der Waals surface area contributed by atoms with Crippen molar-refractivity contribution in [2.75, 3.05) is 32.0 Å². The van der Waals surface area contributed by atoms with Crippen molar-refractivity contribution in [3.05, 3.63) is 65.7 Å². The quantitative estimate of drug-likeness (QED) is 0.762. The zero-order valence-electron chi connectivity index (χ0n) is 12.8. The lowest BCUT2D eigenvalue weighted by Gasteiger charge is -2.33. The second-order valence-electron chi connectivity index (χ2n) is 5.51. The van der Waals surface area contributed by atoms with Crippen LogP contribution in [0.2, 0.25) is 0 Å². The van der Waals surface area contributed by atoms with Crippen LogP contribution in [0.1, 0.15) is 11.7 Å². The predicted molar refractivity (Wildman–Crippen MR) is 88.7 cm³/mol. The summed E-state index contributed by atoms with van der Waals surface area (Å²) in [6.07, 6.45) is 0.000158. The van der Waals surface area contributed by atoms with Crippen molar-refractivity contribution in [1.29, 1.82) is 0 Å². The average molecular weight is 335 g/mol. The van der Waals surface area contributed by atoms with E-state index in [4.69, 9.17) is 4.74 Å². The fourth-order valence-corrected chi connectivity index (χ4v) is 3.52. The minimum Gasteiger partial charge on any atom is -0.371 e. The smallest absolute Gasteiger partial charge is 0.123 e. The van der Waals surface area contributed by atoms with E-state index in [2.05, 4.69) is 4.90 Å². The number of hydrogen-bond acceptors (Lipinski definition) is 3. The van der Waals surface area contributed by atoms with Crippen molar-refractivity contribution < 1.29 is 13.5 Å². The largest absolute Gasteiger partial charge is 0.371 e. The van der Waals surface area contributed by atoms with Crippen LogP contribution in [0.15, 0.2) is 53.4 Å². The Labute approximate surface area is 139 Å². The molecular formula is C18H19F2NOS. The third kappa shape index (κ3) is 4.77. The maximum absolute atomic E-state index is 13.0. The summed E-state index contributed by atoms with van der Waals surface area (Å²) in [6.45, 7) is 3.35. The number of thioether (sulfide) groups is 1. The maximum atomic E-state index is 13.0. The Kier molecular flexibility index (Phi) is 5.65. The molecule has 0 saturated carbocycles. The number of ether oxygens (including phenoxy) is 1. The Morgan fingerprint density at radius 1 is 1.00 bits per heavy atom. The van der Waals surface area contributed by atoms with Gasteiger partial charge in [0.25, 0.3) is 0 Å². The van der Waals surface area contributed by atoms with Crippen molar-refractivity contribution in [3.8, 4) is 0 Å². The van der Waals surface area contributed by atoms with Gasteiger partial charge in [0.15, 0.2) is 0 Å². The highest BCUT2D eigenvalue weighted by Crippen LogP contribution is 2.23. The van der Waals surface area contributed by atoms with E-state index < -0.39 is 0 Å².